The van der Waals surface area contributed by atoms with E-state index in [-0.39, 0.29) is 12.4 Å². The van der Waals surface area contributed by atoms with Crippen molar-refractivity contribution in [3.8, 4) is 0 Å². The molecule has 0 amide bonds. The van der Waals surface area contributed by atoms with Crippen molar-refractivity contribution in [2.45, 2.75) is 12.7 Å². The molecule has 2 aromatic rings. The molecule has 98 valence electrons. The van der Waals surface area contributed by atoms with E-state index >= 15 is 0 Å². The van der Waals surface area contributed by atoms with E-state index in [1.54, 1.807) is 22.9 Å². The van der Waals surface area contributed by atoms with E-state index in [1.807, 2.05) is 0 Å². The van der Waals surface area contributed by atoms with Crippen molar-refractivity contribution in [3.05, 3.63) is 36.3 Å². The quantitative estimate of drug-likeness (QED) is 0.660. The number of benzene rings is 1. The molecule has 0 aliphatic heterocycles. The molecule has 0 aliphatic carbocycles. The highest BCUT2D eigenvalue weighted by molar-refractivity contribution is 5.80. The SMILES string of the molecule is Fc1ccc2ccn(CCNCC(F)(F)F)c2c1. The number of hydrogen-bond donors (Lipinski definition) is 1. The molecular weight excluding hydrogens is 248 g/mol. The van der Waals surface area contributed by atoms with Crippen molar-refractivity contribution >= 4 is 10.9 Å². The van der Waals surface area contributed by atoms with E-state index in [2.05, 4.69) is 5.32 Å². The van der Waals surface area contributed by atoms with Crippen LogP contribution in [0, 0.1) is 5.82 Å². The Labute approximate surface area is 101 Å². The molecule has 0 radical (unpaired) electrons. The molecule has 1 heterocycles. The first-order valence-corrected chi connectivity index (χ1v) is 5.47. The molecule has 2 nitrogen and oxygen atoms in total. The van der Waals surface area contributed by atoms with Crippen LogP contribution in [0.1, 0.15) is 0 Å². The fourth-order valence-electron chi connectivity index (χ4n) is 1.78. The zero-order valence-electron chi connectivity index (χ0n) is 9.47. The maximum atomic E-state index is 13.1. The third kappa shape index (κ3) is 3.22. The number of halogens is 4. The summed E-state index contributed by atoms with van der Waals surface area (Å²) in [7, 11) is 0. The maximum Gasteiger partial charge on any atom is 0.401 e. The van der Waals surface area contributed by atoms with Gasteiger partial charge in [-0.25, -0.2) is 4.39 Å². The summed E-state index contributed by atoms with van der Waals surface area (Å²) in [6, 6.07) is 6.18. The lowest BCUT2D eigenvalue weighted by atomic mass is 10.2. The molecule has 1 N–H and O–H groups in total. The second kappa shape index (κ2) is 4.97. The molecule has 0 unspecified atom stereocenters. The Morgan fingerprint density at radius 1 is 1.17 bits per heavy atom. The Kier molecular flexibility index (Phi) is 3.56. The van der Waals surface area contributed by atoms with Crippen LogP contribution in [0.4, 0.5) is 17.6 Å². The average Bonchev–Trinajstić information content (AvgIpc) is 2.66. The van der Waals surface area contributed by atoms with Crippen LogP contribution in [0.25, 0.3) is 10.9 Å². The van der Waals surface area contributed by atoms with E-state index < -0.39 is 12.7 Å². The number of aromatic nitrogens is 1. The van der Waals surface area contributed by atoms with Crippen molar-refractivity contribution in [3.63, 3.8) is 0 Å². The van der Waals surface area contributed by atoms with Gasteiger partial charge in [-0.1, -0.05) is 0 Å². The molecule has 1 aromatic heterocycles. The lowest BCUT2D eigenvalue weighted by molar-refractivity contribution is -0.124. The summed E-state index contributed by atoms with van der Waals surface area (Å²) in [5.74, 6) is -0.356. The minimum absolute atomic E-state index is 0.180. The van der Waals surface area contributed by atoms with Crippen molar-refractivity contribution in [2.24, 2.45) is 0 Å². The van der Waals surface area contributed by atoms with Crippen molar-refractivity contribution in [2.75, 3.05) is 13.1 Å². The van der Waals surface area contributed by atoms with Crippen molar-refractivity contribution in [1.29, 1.82) is 0 Å². The van der Waals surface area contributed by atoms with E-state index in [0.717, 1.165) is 5.39 Å². The van der Waals surface area contributed by atoms with Crippen LogP contribution in [-0.2, 0) is 6.54 Å². The van der Waals surface area contributed by atoms with Gasteiger partial charge < -0.3 is 9.88 Å². The highest BCUT2D eigenvalue weighted by atomic mass is 19.4. The second-order valence-electron chi connectivity index (χ2n) is 4.00. The molecule has 1 aromatic carbocycles. The van der Waals surface area contributed by atoms with Gasteiger partial charge >= 0.3 is 6.18 Å². The Hall–Kier alpha value is -1.56. The minimum Gasteiger partial charge on any atom is -0.346 e. The van der Waals surface area contributed by atoms with E-state index in [4.69, 9.17) is 0 Å². The average molecular weight is 260 g/mol. The van der Waals surface area contributed by atoms with Crippen molar-refractivity contribution in [1.82, 2.24) is 9.88 Å². The molecule has 0 bridgehead atoms. The predicted molar refractivity (Wildman–Crippen MR) is 60.8 cm³/mol. The van der Waals surface area contributed by atoms with Crippen LogP contribution < -0.4 is 5.32 Å². The van der Waals surface area contributed by atoms with Gasteiger partial charge in [0.15, 0.2) is 0 Å². The van der Waals surface area contributed by atoms with Crippen LogP contribution in [0.15, 0.2) is 30.5 Å². The summed E-state index contributed by atoms with van der Waals surface area (Å²) in [4.78, 5) is 0. The Bertz CT molecular complexity index is 530. The first kappa shape index (κ1) is 12.9. The monoisotopic (exact) mass is 260 g/mol. The molecule has 0 fully saturated rings. The van der Waals surface area contributed by atoms with Gasteiger partial charge in [0.2, 0.25) is 0 Å². The largest absolute Gasteiger partial charge is 0.401 e. The summed E-state index contributed by atoms with van der Waals surface area (Å²) in [6.45, 7) is -0.469. The molecule has 18 heavy (non-hydrogen) atoms. The highest BCUT2D eigenvalue weighted by Crippen LogP contribution is 2.17. The molecule has 0 aliphatic rings. The van der Waals surface area contributed by atoms with Gasteiger partial charge in [-0.3, -0.25) is 0 Å². The number of alkyl halides is 3. The topological polar surface area (TPSA) is 17.0 Å². The molecular formula is C12H12F4N2. The first-order chi connectivity index (χ1) is 8.46. The Morgan fingerprint density at radius 3 is 2.67 bits per heavy atom. The number of nitrogens with zero attached hydrogens (tertiary/aromatic N) is 1. The van der Waals surface area contributed by atoms with E-state index in [1.165, 1.54) is 12.1 Å². The van der Waals surface area contributed by atoms with Gasteiger partial charge in [-0.05, 0) is 29.7 Å². The maximum absolute atomic E-state index is 13.1. The lowest BCUT2D eigenvalue weighted by Gasteiger charge is -2.09. The van der Waals surface area contributed by atoms with Gasteiger partial charge in [-0.15, -0.1) is 0 Å². The van der Waals surface area contributed by atoms with Crippen LogP contribution in [0.2, 0.25) is 0 Å². The third-order valence-corrected chi connectivity index (χ3v) is 2.59. The van der Waals surface area contributed by atoms with Crippen LogP contribution in [-0.4, -0.2) is 23.8 Å². The van der Waals surface area contributed by atoms with Gasteiger partial charge in [0.05, 0.1) is 12.1 Å². The number of nitrogens with one attached hydrogen (secondary N) is 1. The molecule has 6 heteroatoms. The minimum atomic E-state index is -4.20. The third-order valence-electron chi connectivity index (χ3n) is 2.59. The second-order valence-corrected chi connectivity index (χ2v) is 4.00. The zero-order chi connectivity index (χ0) is 13.2. The molecule has 0 saturated carbocycles. The summed E-state index contributed by atoms with van der Waals surface area (Å²) < 4.78 is 50.5. The highest BCUT2D eigenvalue weighted by Gasteiger charge is 2.25. The van der Waals surface area contributed by atoms with Gasteiger partial charge in [0, 0.05) is 19.3 Å². The van der Waals surface area contributed by atoms with Gasteiger partial charge in [-0.2, -0.15) is 13.2 Å². The van der Waals surface area contributed by atoms with Gasteiger partial charge in [0.1, 0.15) is 5.82 Å². The normalized spacial score (nSPS) is 12.2. The standard InChI is InChI=1S/C12H12F4N2/c13-10-2-1-9-3-5-18(11(9)7-10)6-4-17-8-12(14,15)16/h1-3,5,7,17H,4,6,8H2. The molecule has 2 rings (SSSR count). The van der Waals surface area contributed by atoms with E-state index in [0.29, 0.717) is 12.1 Å². The van der Waals surface area contributed by atoms with Crippen molar-refractivity contribution < 1.29 is 17.6 Å². The Balaban J connectivity index is 1.98. The molecule has 0 spiro atoms. The van der Waals surface area contributed by atoms with Crippen LogP contribution in [0.3, 0.4) is 0 Å². The fourth-order valence-corrected chi connectivity index (χ4v) is 1.78. The summed E-state index contributed by atoms with van der Waals surface area (Å²) in [5, 5.41) is 3.17. The first-order valence-electron chi connectivity index (χ1n) is 5.47. The zero-order valence-corrected chi connectivity index (χ0v) is 9.47. The van der Waals surface area contributed by atoms with Gasteiger partial charge in [0.25, 0.3) is 0 Å². The lowest BCUT2D eigenvalue weighted by Crippen LogP contribution is -2.31. The number of rotatable bonds is 4. The number of fused-ring (bicyclic) bond motifs is 1. The summed E-state index contributed by atoms with van der Waals surface area (Å²) in [5.41, 5.74) is 0.684. The smallest absolute Gasteiger partial charge is 0.346 e. The predicted octanol–water partition coefficient (Wildman–Crippen LogP) is 2.93. The molecule has 0 atom stereocenters. The van der Waals surface area contributed by atoms with Crippen LogP contribution >= 0.6 is 0 Å². The fraction of sp³-hybridized carbons (Fsp3) is 0.333. The van der Waals surface area contributed by atoms with E-state index in [9.17, 15) is 17.6 Å². The number of hydrogen-bond acceptors (Lipinski definition) is 1. The molecule has 0 saturated heterocycles. The summed E-state index contributed by atoms with van der Waals surface area (Å²) in [6.07, 6.45) is -2.47. The van der Waals surface area contributed by atoms with Crippen LogP contribution in [0.5, 0.6) is 0 Å². The summed E-state index contributed by atoms with van der Waals surface area (Å²) >= 11 is 0. The Morgan fingerprint density at radius 2 is 1.94 bits per heavy atom.